The summed E-state index contributed by atoms with van der Waals surface area (Å²) in [5.41, 5.74) is 0.524. The number of pyridine rings is 1. The van der Waals surface area contributed by atoms with Gasteiger partial charge in [-0.15, -0.1) is 5.10 Å². The Morgan fingerprint density at radius 3 is 2.86 bits per heavy atom. The fourth-order valence-electron chi connectivity index (χ4n) is 1.65. The van der Waals surface area contributed by atoms with Crippen molar-refractivity contribution in [1.82, 2.24) is 25.5 Å². The zero-order valence-electron chi connectivity index (χ0n) is 13.3. The summed E-state index contributed by atoms with van der Waals surface area (Å²) in [5.74, 6) is 0.589. The number of nitrogens with one attached hydrogen (secondary N) is 2. The standard InChI is InChI=1S/C15H21N5OS/c1-5-15(3,4)18-13(21)10(2)22-14-17-12(19-20-14)11-8-6-7-9-16-11/h6-10H,5H2,1-4H3,(H,18,21)(H,17,19,20)/t10-/m0/s1. The van der Waals surface area contributed by atoms with E-state index in [0.717, 1.165) is 12.1 Å². The van der Waals surface area contributed by atoms with Gasteiger partial charge in [0.1, 0.15) is 5.69 Å². The highest BCUT2D eigenvalue weighted by atomic mass is 32.2. The van der Waals surface area contributed by atoms with E-state index in [2.05, 4.69) is 25.5 Å². The van der Waals surface area contributed by atoms with Crippen LogP contribution >= 0.6 is 11.8 Å². The van der Waals surface area contributed by atoms with Crippen LogP contribution in [0.3, 0.4) is 0 Å². The monoisotopic (exact) mass is 319 g/mol. The van der Waals surface area contributed by atoms with Gasteiger partial charge in [-0.3, -0.25) is 14.9 Å². The van der Waals surface area contributed by atoms with Crippen molar-refractivity contribution in [2.75, 3.05) is 0 Å². The number of aromatic amines is 1. The summed E-state index contributed by atoms with van der Waals surface area (Å²) in [4.78, 5) is 20.8. The normalized spacial score (nSPS) is 12.9. The van der Waals surface area contributed by atoms with Crippen molar-refractivity contribution in [2.45, 2.75) is 50.1 Å². The van der Waals surface area contributed by atoms with Crippen LogP contribution < -0.4 is 5.32 Å². The zero-order valence-corrected chi connectivity index (χ0v) is 14.1. The lowest BCUT2D eigenvalue weighted by atomic mass is 10.0. The van der Waals surface area contributed by atoms with Gasteiger partial charge in [0, 0.05) is 11.7 Å². The van der Waals surface area contributed by atoms with Gasteiger partial charge >= 0.3 is 0 Å². The molecule has 1 atom stereocenters. The molecule has 7 heteroatoms. The van der Waals surface area contributed by atoms with Crippen LogP contribution in [0.1, 0.15) is 34.1 Å². The third-order valence-corrected chi connectivity index (χ3v) is 4.33. The van der Waals surface area contributed by atoms with Crippen LogP contribution in [0.5, 0.6) is 0 Å². The summed E-state index contributed by atoms with van der Waals surface area (Å²) in [6.45, 7) is 7.91. The molecule has 0 saturated heterocycles. The highest BCUT2D eigenvalue weighted by molar-refractivity contribution is 8.00. The molecule has 0 aliphatic heterocycles. The smallest absolute Gasteiger partial charge is 0.233 e. The number of nitrogens with zero attached hydrogens (tertiary/aromatic N) is 3. The second-order valence-corrected chi connectivity index (χ2v) is 6.98. The number of amides is 1. The van der Waals surface area contributed by atoms with E-state index in [1.54, 1.807) is 6.20 Å². The van der Waals surface area contributed by atoms with Crippen molar-refractivity contribution in [1.29, 1.82) is 0 Å². The van der Waals surface area contributed by atoms with Crippen molar-refractivity contribution in [2.24, 2.45) is 0 Å². The fourth-order valence-corrected chi connectivity index (χ4v) is 2.38. The Balaban J connectivity index is 1.99. The molecule has 1 amide bonds. The fraction of sp³-hybridized carbons (Fsp3) is 0.467. The first-order chi connectivity index (χ1) is 10.4. The van der Waals surface area contributed by atoms with Gasteiger partial charge in [-0.05, 0) is 39.3 Å². The molecule has 2 heterocycles. The van der Waals surface area contributed by atoms with Crippen LogP contribution in [-0.2, 0) is 4.79 Å². The van der Waals surface area contributed by atoms with E-state index >= 15 is 0 Å². The Bertz CT molecular complexity index is 626. The number of rotatable bonds is 6. The van der Waals surface area contributed by atoms with Gasteiger partial charge in [-0.2, -0.15) is 4.98 Å². The number of H-pyrrole nitrogens is 1. The highest BCUT2D eigenvalue weighted by Gasteiger charge is 2.23. The third kappa shape index (κ3) is 4.30. The van der Waals surface area contributed by atoms with Crippen LogP contribution in [0, 0.1) is 0 Å². The summed E-state index contributed by atoms with van der Waals surface area (Å²) in [6, 6.07) is 5.59. The van der Waals surface area contributed by atoms with Crippen LogP contribution in [0.25, 0.3) is 11.5 Å². The van der Waals surface area contributed by atoms with Crippen LogP contribution in [0.15, 0.2) is 29.6 Å². The lowest BCUT2D eigenvalue weighted by molar-refractivity contribution is -0.121. The maximum Gasteiger partial charge on any atom is 0.233 e. The molecule has 6 nitrogen and oxygen atoms in total. The van der Waals surface area contributed by atoms with Gasteiger partial charge < -0.3 is 5.32 Å². The van der Waals surface area contributed by atoms with Crippen LogP contribution in [-0.4, -0.2) is 36.9 Å². The molecule has 0 saturated carbocycles. The first-order valence-electron chi connectivity index (χ1n) is 7.24. The van der Waals surface area contributed by atoms with Gasteiger partial charge in [0.15, 0.2) is 5.82 Å². The molecule has 2 aromatic rings. The molecule has 2 rings (SSSR count). The highest BCUT2D eigenvalue weighted by Crippen LogP contribution is 2.22. The minimum absolute atomic E-state index is 0.0129. The Labute approximate surface area is 134 Å². The largest absolute Gasteiger partial charge is 0.350 e. The summed E-state index contributed by atoms with van der Waals surface area (Å²) in [5, 5.41) is 10.3. The molecular weight excluding hydrogens is 298 g/mol. The molecule has 0 spiro atoms. The lowest BCUT2D eigenvalue weighted by Crippen LogP contribution is -2.46. The van der Waals surface area contributed by atoms with Crippen molar-refractivity contribution in [3.8, 4) is 11.5 Å². The van der Waals surface area contributed by atoms with Gasteiger partial charge in [-0.25, -0.2) is 0 Å². The van der Waals surface area contributed by atoms with Crippen molar-refractivity contribution in [3.05, 3.63) is 24.4 Å². The van der Waals surface area contributed by atoms with Crippen molar-refractivity contribution >= 4 is 17.7 Å². The third-order valence-electron chi connectivity index (χ3n) is 3.37. The number of hydrogen-bond acceptors (Lipinski definition) is 5. The Morgan fingerprint density at radius 2 is 2.23 bits per heavy atom. The van der Waals surface area contributed by atoms with E-state index in [0.29, 0.717) is 11.0 Å². The SMILES string of the molecule is CCC(C)(C)NC(=O)[C@H](C)Sc1n[nH]c(-c2ccccn2)n1. The maximum absolute atomic E-state index is 12.2. The van der Waals surface area contributed by atoms with Crippen molar-refractivity contribution in [3.63, 3.8) is 0 Å². The molecule has 118 valence electrons. The summed E-state index contributed by atoms with van der Waals surface area (Å²) < 4.78 is 0. The molecule has 2 N–H and O–H groups in total. The molecule has 22 heavy (non-hydrogen) atoms. The van der Waals surface area contributed by atoms with Crippen LogP contribution in [0.2, 0.25) is 0 Å². The number of thioether (sulfide) groups is 1. The van der Waals surface area contributed by atoms with E-state index in [4.69, 9.17) is 0 Å². The van der Waals surface area contributed by atoms with Gasteiger partial charge in [0.05, 0.1) is 5.25 Å². The molecule has 0 aliphatic rings. The van der Waals surface area contributed by atoms with E-state index in [1.807, 2.05) is 45.9 Å². The summed E-state index contributed by atoms with van der Waals surface area (Å²) in [7, 11) is 0. The summed E-state index contributed by atoms with van der Waals surface area (Å²) in [6.07, 6.45) is 2.58. The first kappa shape index (κ1) is 16.5. The first-order valence-corrected chi connectivity index (χ1v) is 8.12. The number of aromatic nitrogens is 4. The molecule has 0 aromatic carbocycles. The molecule has 0 radical (unpaired) electrons. The van der Waals surface area contributed by atoms with E-state index < -0.39 is 0 Å². The topological polar surface area (TPSA) is 83.6 Å². The zero-order chi connectivity index (χ0) is 16.2. The Hall–Kier alpha value is -1.89. The molecule has 0 bridgehead atoms. The minimum atomic E-state index is -0.266. The van der Waals surface area contributed by atoms with E-state index in [-0.39, 0.29) is 16.7 Å². The van der Waals surface area contributed by atoms with Crippen LogP contribution in [0.4, 0.5) is 0 Å². The molecule has 0 fully saturated rings. The number of carbonyl (C=O) groups is 1. The maximum atomic E-state index is 12.2. The van der Waals surface area contributed by atoms with Crippen molar-refractivity contribution < 1.29 is 4.79 Å². The van der Waals surface area contributed by atoms with Gasteiger partial charge in [0.2, 0.25) is 11.1 Å². The molecule has 0 aliphatic carbocycles. The summed E-state index contributed by atoms with van der Waals surface area (Å²) >= 11 is 1.33. The number of carbonyl (C=O) groups excluding carboxylic acids is 1. The average Bonchev–Trinajstić information content (AvgIpc) is 2.96. The number of hydrogen-bond donors (Lipinski definition) is 2. The second-order valence-electron chi connectivity index (χ2n) is 5.67. The quantitative estimate of drug-likeness (QED) is 0.800. The van der Waals surface area contributed by atoms with Gasteiger partial charge in [-0.1, -0.05) is 24.8 Å². The van der Waals surface area contributed by atoms with Gasteiger partial charge in [0.25, 0.3) is 0 Å². The average molecular weight is 319 g/mol. The Morgan fingerprint density at radius 1 is 1.45 bits per heavy atom. The molecule has 0 unspecified atom stereocenters. The predicted molar refractivity (Wildman–Crippen MR) is 87.4 cm³/mol. The minimum Gasteiger partial charge on any atom is -0.350 e. The molecule has 2 aromatic heterocycles. The lowest BCUT2D eigenvalue weighted by Gasteiger charge is -2.26. The predicted octanol–water partition coefficient (Wildman–Crippen LogP) is 2.65. The van der Waals surface area contributed by atoms with E-state index in [9.17, 15) is 4.79 Å². The second kappa shape index (κ2) is 6.91. The molecular formula is C15H21N5OS. The Kier molecular flexibility index (Phi) is 5.18. The van der Waals surface area contributed by atoms with E-state index in [1.165, 1.54) is 11.8 Å².